The third-order valence-corrected chi connectivity index (χ3v) is 2.89. The Labute approximate surface area is 80.9 Å². The molecule has 0 bridgehead atoms. The van der Waals surface area contributed by atoms with Crippen molar-refractivity contribution in [1.29, 1.82) is 0 Å². The fraction of sp³-hybridized carbons (Fsp3) is 0.400. The highest BCUT2D eigenvalue weighted by molar-refractivity contribution is 6.11. The van der Waals surface area contributed by atoms with Gasteiger partial charge in [-0.3, -0.25) is 9.59 Å². The minimum Gasteiger partial charge on any atom is -0.480 e. The molecule has 1 aromatic heterocycles. The Balaban J connectivity index is 2.30. The number of aliphatic carboxylic acids is 1. The first-order chi connectivity index (χ1) is 6.67. The Bertz CT molecular complexity index is 363. The average molecular weight is 193 g/mol. The quantitative estimate of drug-likeness (QED) is 0.563. The van der Waals surface area contributed by atoms with Crippen molar-refractivity contribution in [3.63, 3.8) is 0 Å². The lowest BCUT2D eigenvalue weighted by Gasteiger charge is -2.35. The highest BCUT2D eigenvalue weighted by atomic mass is 16.4. The number of aromatic nitrogens is 1. The van der Waals surface area contributed by atoms with Crippen molar-refractivity contribution in [3.05, 3.63) is 24.0 Å². The molecule has 1 aliphatic rings. The van der Waals surface area contributed by atoms with Gasteiger partial charge in [-0.15, -0.1) is 0 Å². The summed E-state index contributed by atoms with van der Waals surface area (Å²) in [4.78, 5) is 25.6. The van der Waals surface area contributed by atoms with Crippen LogP contribution in [0.5, 0.6) is 0 Å². The maximum absolute atomic E-state index is 11.8. The van der Waals surface area contributed by atoms with Crippen LogP contribution in [0.25, 0.3) is 0 Å². The molecule has 0 amide bonds. The molecule has 1 aromatic rings. The van der Waals surface area contributed by atoms with Crippen LogP contribution >= 0.6 is 0 Å². The smallest absolute Gasteiger partial charge is 0.317 e. The topological polar surface area (TPSA) is 70.2 Å². The summed E-state index contributed by atoms with van der Waals surface area (Å²) < 4.78 is 0. The van der Waals surface area contributed by atoms with Gasteiger partial charge < -0.3 is 10.1 Å². The summed E-state index contributed by atoms with van der Waals surface area (Å²) >= 11 is 0. The predicted molar refractivity (Wildman–Crippen MR) is 49.0 cm³/mol. The van der Waals surface area contributed by atoms with Crippen molar-refractivity contribution in [2.45, 2.75) is 19.3 Å². The molecule has 1 fully saturated rings. The zero-order valence-corrected chi connectivity index (χ0v) is 7.62. The second-order valence-corrected chi connectivity index (χ2v) is 3.65. The van der Waals surface area contributed by atoms with E-state index in [0.717, 1.165) is 6.42 Å². The number of nitrogens with one attached hydrogen (secondary N) is 1. The van der Waals surface area contributed by atoms with Crippen molar-refractivity contribution in [1.82, 2.24) is 4.98 Å². The molecule has 0 radical (unpaired) electrons. The van der Waals surface area contributed by atoms with Gasteiger partial charge >= 0.3 is 5.97 Å². The fourth-order valence-corrected chi connectivity index (χ4v) is 1.80. The molecule has 0 atom stereocenters. The van der Waals surface area contributed by atoms with Gasteiger partial charge in [-0.2, -0.15) is 0 Å². The molecule has 1 aliphatic carbocycles. The van der Waals surface area contributed by atoms with Crippen LogP contribution in [0.3, 0.4) is 0 Å². The van der Waals surface area contributed by atoms with E-state index in [1.54, 1.807) is 18.3 Å². The number of carbonyl (C=O) groups is 2. The van der Waals surface area contributed by atoms with E-state index in [2.05, 4.69) is 4.98 Å². The van der Waals surface area contributed by atoms with Gasteiger partial charge in [-0.05, 0) is 25.0 Å². The van der Waals surface area contributed by atoms with Crippen LogP contribution in [0.4, 0.5) is 0 Å². The van der Waals surface area contributed by atoms with E-state index in [-0.39, 0.29) is 5.78 Å². The molecular formula is C10H11NO3. The van der Waals surface area contributed by atoms with Crippen LogP contribution in [0.1, 0.15) is 29.8 Å². The number of hydrogen-bond acceptors (Lipinski definition) is 2. The molecule has 4 heteroatoms. The largest absolute Gasteiger partial charge is 0.480 e. The minimum absolute atomic E-state index is 0.291. The van der Waals surface area contributed by atoms with Crippen molar-refractivity contribution in [2.24, 2.45) is 5.41 Å². The Kier molecular flexibility index (Phi) is 1.91. The molecule has 2 N–H and O–H groups in total. The van der Waals surface area contributed by atoms with Crippen molar-refractivity contribution in [2.75, 3.05) is 0 Å². The monoisotopic (exact) mass is 193 g/mol. The van der Waals surface area contributed by atoms with Gasteiger partial charge in [0.25, 0.3) is 0 Å². The van der Waals surface area contributed by atoms with Gasteiger partial charge in [-0.25, -0.2) is 0 Å². The standard InChI is InChI=1S/C10H11NO3/c12-8(7-3-1-6-11-7)10(9(13)14)4-2-5-10/h1,3,6,11H,2,4-5H2,(H,13,14). The molecule has 0 spiro atoms. The van der Waals surface area contributed by atoms with Gasteiger partial charge in [0.2, 0.25) is 0 Å². The normalized spacial score (nSPS) is 18.6. The highest BCUT2D eigenvalue weighted by Crippen LogP contribution is 2.43. The predicted octanol–water partition coefficient (Wildman–Crippen LogP) is 1.45. The highest BCUT2D eigenvalue weighted by Gasteiger charge is 2.51. The van der Waals surface area contributed by atoms with E-state index < -0.39 is 11.4 Å². The number of carboxylic acid groups (broad SMARTS) is 1. The summed E-state index contributed by atoms with van der Waals surface area (Å²) in [6.07, 6.45) is 3.36. The zero-order valence-electron chi connectivity index (χ0n) is 7.62. The van der Waals surface area contributed by atoms with Crippen molar-refractivity contribution >= 4 is 11.8 Å². The number of ketones is 1. The number of aromatic amines is 1. The SMILES string of the molecule is O=C(O)C1(C(=O)c2ccc[nH]2)CCC1. The van der Waals surface area contributed by atoms with E-state index in [1.807, 2.05) is 0 Å². The molecule has 74 valence electrons. The Morgan fingerprint density at radius 2 is 2.14 bits per heavy atom. The van der Waals surface area contributed by atoms with Crippen molar-refractivity contribution in [3.8, 4) is 0 Å². The van der Waals surface area contributed by atoms with E-state index >= 15 is 0 Å². The minimum atomic E-state index is -1.15. The molecule has 1 saturated carbocycles. The van der Waals surface area contributed by atoms with Crippen LogP contribution < -0.4 is 0 Å². The molecule has 0 aliphatic heterocycles. The number of carbonyl (C=O) groups excluding carboxylic acids is 1. The van der Waals surface area contributed by atoms with E-state index in [0.29, 0.717) is 18.5 Å². The number of hydrogen-bond donors (Lipinski definition) is 2. The summed E-state index contributed by atoms with van der Waals surface area (Å²) in [6.45, 7) is 0. The van der Waals surface area contributed by atoms with E-state index in [4.69, 9.17) is 5.11 Å². The summed E-state index contributed by atoms with van der Waals surface area (Å²) in [6, 6.07) is 3.31. The van der Waals surface area contributed by atoms with Crippen LogP contribution in [-0.2, 0) is 4.79 Å². The van der Waals surface area contributed by atoms with Gasteiger partial charge in [0.05, 0.1) is 5.69 Å². The fourth-order valence-electron chi connectivity index (χ4n) is 1.80. The van der Waals surface area contributed by atoms with Crippen LogP contribution in [0.2, 0.25) is 0 Å². The Hall–Kier alpha value is -1.58. The third-order valence-electron chi connectivity index (χ3n) is 2.89. The molecular weight excluding hydrogens is 182 g/mol. The summed E-state index contributed by atoms with van der Waals surface area (Å²) in [5.74, 6) is -1.29. The Morgan fingerprint density at radius 3 is 2.50 bits per heavy atom. The zero-order chi connectivity index (χ0) is 10.2. The summed E-state index contributed by atoms with van der Waals surface area (Å²) in [5.41, 5.74) is -0.752. The third kappa shape index (κ3) is 1.07. The van der Waals surface area contributed by atoms with Crippen molar-refractivity contribution < 1.29 is 14.7 Å². The lowest BCUT2D eigenvalue weighted by Crippen LogP contribution is -2.45. The van der Waals surface area contributed by atoms with Crippen LogP contribution in [0, 0.1) is 5.41 Å². The average Bonchev–Trinajstić information content (AvgIpc) is 2.51. The van der Waals surface area contributed by atoms with E-state index in [9.17, 15) is 9.59 Å². The van der Waals surface area contributed by atoms with Gasteiger partial charge in [0.15, 0.2) is 5.78 Å². The van der Waals surface area contributed by atoms with Crippen LogP contribution in [0.15, 0.2) is 18.3 Å². The number of carboxylic acids is 1. The first kappa shape index (κ1) is 8.99. The molecule has 4 nitrogen and oxygen atoms in total. The number of H-pyrrole nitrogens is 1. The summed E-state index contributed by atoms with van der Waals surface area (Å²) in [5, 5.41) is 9.02. The van der Waals surface area contributed by atoms with Gasteiger partial charge in [0.1, 0.15) is 5.41 Å². The number of Topliss-reactive ketones (excluding diaryl/α,β-unsaturated/α-hetero) is 1. The van der Waals surface area contributed by atoms with Gasteiger partial charge in [-0.1, -0.05) is 6.42 Å². The first-order valence-corrected chi connectivity index (χ1v) is 4.58. The molecule has 2 rings (SSSR count). The second-order valence-electron chi connectivity index (χ2n) is 3.65. The second kappa shape index (κ2) is 2.97. The molecule has 0 unspecified atom stereocenters. The lowest BCUT2D eigenvalue weighted by molar-refractivity contribution is -0.150. The first-order valence-electron chi connectivity index (χ1n) is 4.58. The Morgan fingerprint density at radius 1 is 1.43 bits per heavy atom. The molecule has 14 heavy (non-hydrogen) atoms. The maximum Gasteiger partial charge on any atom is 0.317 e. The van der Waals surface area contributed by atoms with Gasteiger partial charge in [0, 0.05) is 6.20 Å². The molecule has 0 aromatic carbocycles. The van der Waals surface area contributed by atoms with E-state index in [1.165, 1.54) is 0 Å². The molecule has 0 saturated heterocycles. The summed E-state index contributed by atoms with van der Waals surface area (Å²) in [7, 11) is 0. The number of rotatable bonds is 3. The molecule has 1 heterocycles. The van der Waals surface area contributed by atoms with Crippen LogP contribution in [-0.4, -0.2) is 21.8 Å². The maximum atomic E-state index is 11.8. The lowest BCUT2D eigenvalue weighted by atomic mass is 9.65.